The van der Waals surface area contributed by atoms with E-state index in [9.17, 15) is 9.59 Å². The normalized spacial score (nSPS) is 9.86. The quantitative estimate of drug-likeness (QED) is 0.675. The maximum Gasteiger partial charge on any atom is 0.257 e. The summed E-state index contributed by atoms with van der Waals surface area (Å²) in [5, 5.41) is 4.47. The van der Waals surface area contributed by atoms with Crippen LogP contribution in [0.4, 0.5) is 0 Å². The van der Waals surface area contributed by atoms with Gasteiger partial charge in [0.2, 0.25) is 0 Å². The molecule has 0 saturated carbocycles. The molecule has 2 amide bonds. The van der Waals surface area contributed by atoms with Crippen molar-refractivity contribution in [3.05, 3.63) is 63.3 Å². The van der Waals surface area contributed by atoms with Gasteiger partial charge in [0.25, 0.3) is 11.8 Å². The molecule has 2 aromatic rings. The van der Waals surface area contributed by atoms with Gasteiger partial charge in [0, 0.05) is 4.47 Å². The van der Waals surface area contributed by atoms with Crippen LogP contribution in [0.15, 0.2) is 52.8 Å². The fourth-order valence-corrected chi connectivity index (χ4v) is 2.72. The van der Waals surface area contributed by atoms with Gasteiger partial charge in [0.15, 0.2) is 0 Å². The lowest BCUT2D eigenvalue weighted by molar-refractivity contribution is -0.120. The predicted molar refractivity (Wildman–Crippen MR) is 91.1 cm³/mol. The van der Waals surface area contributed by atoms with E-state index in [2.05, 4.69) is 38.7 Å². The second-order valence-corrected chi connectivity index (χ2v) is 6.09. The van der Waals surface area contributed by atoms with Gasteiger partial charge in [-0.25, -0.2) is 0 Å². The van der Waals surface area contributed by atoms with Gasteiger partial charge in [-0.1, -0.05) is 24.8 Å². The molecular formula is C15H14BrN3O2S. The van der Waals surface area contributed by atoms with Gasteiger partial charge < -0.3 is 5.32 Å². The minimum atomic E-state index is -0.363. The number of carbonyl (C=O) groups excluding carboxylic acids is 2. The SMILES string of the molecule is C=C(NNC(=O)CNC(=O)c1ccccc1Br)c1cccs1. The Labute approximate surface area is 140 Å². The second kappa shape index (κ2) is 7.77. The molecule has 0 spiro atoms. The van der Waals surface area contributed by atoms with Crippen molar-refractivity contribution in [3.8, 4) is 0 Å². The maximum atomic E-state index is 11.9. The minimum Gasteiger partial charge on any atom is -0.343 e. The summed E-state index contributed by atoms with van der Waals surface area (Å²) >= 11 is 4.80. The summed E-state index contributed by atoms with van der Waals surface area (Å²) in [5.74, 6) is -0.683. The van der Waals surface area contributed by atoms with Crippen LogP contribution in [-0.4, -0.2) is 18.4 Å². The van der Waals surface area contributed by atoms with Crippen LogP contribution in [0.5, 0.6) is 0 Å². The van der Waals surface area contributed by atoms with Crippen molar-refractivity contribution in [2.24, 2.45) is 0 Å². The van der Waals surface area contributed by atoms with Gasteiger partial charge >= 0.3 is 0 Å². The number of nitrogens with one attached hydrogen (secondary N) is 3. The maximum absolute atomic E-state index is 11.9. The highest BCUT2D eigenvalue weighted by Crippen LogP contribution is 2.15. The third-order valence-electron chi connectivity index (χ3n) is 2.70. The Morgan fingerprint density at radius 3 is 2.59 bits per heavy atom. The van der Waals surface area contributed by atoms with E-state index in [1.807, 2.05) is 23.6 Å². The zero-order chi connectivity index (χ0) is 15.9. The van der Waals surface area contributed by atoms with Crippen molar-refractivity contribution in [1.29, 1.82) is 0 Å². The number of rotatable bonds is 6. The van der Waals surface area contributed by atoms with E-state index in [-0.39, 0.29) is 18.4 Å². The lowest BCUT2D eigenvalue weighted by Crippen LogP contribution is -2.42. The fraction of sp³-hybridized carbons (Fsp3) is 0.0667. The van der Waals surface area contributed by atoms with E-state index in [4.69, 9.17) is 0 Å². The molecule has 0 saturated heterocycles. The third-order valence-corrected chi connectivity index (χ3v) is 4.32. The smallest absolute Gasteiger partial charge is 0.257 e. The Kier molecular flexibility index (Phi) is 5.74. The van der Waals surface area contributed by atoms with Gasteiger partial charge in [0.1, 0.15) is 0 Å². The number of halogens is 1. The molecule has 0 fully saturated rings. The molecule has 2 rings (SSSR count). The van der Waals surface area contributed by atoms with Crippen LogP contribution in [0, 0.1) is 0 Å². The highest BCUT2D eigenvalue weighted by atomic mass is 79.9. The first kappa shape index (κ1) is 16.3. The van der Waals surface area contributed by atoms with Gasteiger partial charge in [-0.2, -0.15) is 0 Å². The Balaban J connectivity index is 1.77. The molecule has 0 bridgehead atoms. The molecule has 0 aliphatic heterocycles. The first-order chi connectivity index (χ1) is 10.6. The molecule has 7 heteroatoms. The Morgan fingerprint density at radius 1 is 1.14 bits per heavy atom. The molecule has 1 aromatic heterocycles. The summed E-state index contributed by atoms with van der Waals surface area (Å²) in [6.07, 6.45) is 0. The van der Waals surface area contributed by atoms with E-state index in [0.717, 1.165) is 4.88 Å². The van der Waals surface area contributed by atoms with Crippen LogP contribution in [0.3, 0.4) is 0 Å². The number of amides is 2. The number of carbonyl (C=O) groups is 2. The average molecular weight is 380 g/mol. The number of benzene rings is 1. The summed E-state index contributed by atoms with van der Waals surface area (Å²) in [6, 6.07) is 10.8. The van der Waals surface area contributed by atoms with Crippen molar-refractivity contribution in [1.82, 2.24) is 16.2 Å². The third kappa shape index (κ3) is 4.44. The first-order valence-corrected chi connectivity index (χ1v) is 8.05. The molecule has 114 valence electrons. The molecule has 0 unspecified atom stereocenters. The topological polar surface area (TPSA) is 70.2 Å². The van der Waals surface area contributed by atoms with Crippen molar-refractivity contribution >= 4 is 44.8 Å². The Bertz CT molecular complexity index is 686. The standard InChI is InChI=1S/C15H14BrN3O2S/c1-10(13-7-4-8-22-13)18-19-14(20)9-17-15(21)11-5-2-3-6-12(11)16/h2-8,18H,1,9H2,(H,17,21)(H,19,20). The molecule has 0 radical (unpaired) electrons. The summed E-state index contributed by atoms with van der Waals surface area (Å²) in [6.45, 7) is 3.68. The van der Waals surface area contributed by atoms with Crippen LogP contribution in [0.1, 0.15) is 15.2 Å². The molecule has 0 aliphatic carbocycles. The average Bonchev–Trinajstić information content (AvgIpc) is 3.05. The highest BCUT2D eigenvalue weighted by molar-refractivity contribution is 9.10. The molecule has 0 atom stereocenters. The van der Waals surface area contributed by atoms with Crippen molar-refractivity contribution in [2.75, 3.05) is 6.54 Å². The second-order valence-electron chi connectivity index (χ2n) is 4.29. The zero-order valence-corrected chi connectivity index (χ0v) is 14.0. The van der Waals surface area contributed by atoms with Crippen molar-refractivity contribution < 1.29 is 9.59 Å². The van der Waals surface area contributed by atoms with Gasteiger partial charge in [0.05, 0.1) is 22.7 Å². The highest BCUT2D eigenvalue weighted by Gasteiger charge is 2.10. The van der Waals surface area contributed by atoms with Crippen molar-refractivity contribution in [3.63, 3.8) is 0 Å². The van der Waals surface area contributed by atoms with E-state index in [1.54, 1.807) is 18.2 Å². The van der Waals surface area contributed by atoms with Crippen LogP contribution >= 0.6 is 27.3 Å². The minimum absolute atomic E-state index is 0.134. The summed E-state index contributed by atoms with van der Waals surface area (Å²) < 4.78 is 0.678. The van der Waals surface area contributed by atoms with Gasteiger partial charge in [-0.15, -0.1) is 11.3 Å². The van der Waals surface area contributed by atoms with E-state index in [1.165, 1.54) is 11.3 Å². The fourth-order valence-electron chi connectivity index (χ4n) is 1.60. The molecule has 0 aliphatic rings. The summed E-state index contributed by atoms with van der Waals surface area (Å²) in [4.78, 5) is 24.6. The molecule has 22 heavy (non-hydrogen) atoms. The number of hydrazine groups is 1. The van der Waals surface area contributed by atoms with Crippen LogP contribution in [0.2, 0.25) is 0 Å². The molecular weight excluding hydrogens is 366 g/mol. The number of thiophene rings is 1. The molecule has 5 nitrogen and oxygen atoms in total. The van der Waals surface area contributed by atoms with Crippen LogP contribution in [0.25, 0.3) is 5.70 Å². The first-order valence-electron chi connectivity index (χ1n) is 6.38. The molecule has 1 aromatic carbocycles. The van der Waals surface area contributed by atoms with Crippen molar-refractivity contribution in [2.45, 2.75) is 0 Å². The number of hydrogen-bond acceptors (Lipinski definition) is 4. The van der Waals surface area contributed by atoms with E-state index < -0.39 is 0 Å². The zero-order valence-electron chi connectivity index (χ0n) is 11.6. The van der Waals surface area contributed by atoms with E-state index >= 15 is 0 Å². The summed E-state index contributed by atoms with van der Waals surface area (Å²) in [7, 11) is 0. The lowest BCUT2D eigenvalue weighted by atomic mass is 10.2. The van der Waals surface area contributed by atoms with Gasteiger partial charge in [-0.3, -0.25) is 20.4 Å². The Hall–Kier alpha value is -2.12. The lowest BCUT2D eigenvalue weighted by Gasteiger charge is -2.10. The Morgan fingerprint density at radius 2 is 1.91 bits per heavy atom. The predicted octanol–water partition coefficient (Wildman–Crippen LogP) is 2.53. The number of hydrogen-bond donors (Lipinski definition) is 3. The van der Waals surface area contributed by atoms with Gasteiger partial charge in [-0.05, 0) is 39.5 Å². The molecule has 3 N–H and O–H groups in total. The van der Waals surface area contributed by atoms with Crippen LogP contribution < -0.4 is 16.2 Å². The summed E-state index contributed by atoms with van der Waals surface area (Å²) in [5.41, 5.74) is 6.28. The monoisotopic (exact) mass is 379 g/mol. The largest absolute Gasteiger partial charge is 0.343 e. The molecule has 1 heterocycles. The van der Waals surface area contributed by atoms with E-state index in [0.29, 0.717) is 15.7 Å². The van der Waals surface area contributed by atoms with Crippen LogP contribution in [-0.2, 0) is 4.79 Å².